The van der Waals surface area contributed by atoms with Crippen LogP contribution in [-0.4, -0.2) is 0 Å². The molecule has 1 heterocycles. The van der Waals surface area contributed by atoms with E-state index >= 15 is 0 Å². The van der Waals surface area contributed by atoms with Gasteiger partial charge in [0.1, 0.15) is 0 Å². The van der Waals surface area contributed by atoms with Gasteiger partial charge in [0.15, 0.2) is 0 Å². The van der Waals surface area contributed by atoms with E-state index in [2.05, 4.69) is 68.6 Å². The molecule has 0 radical (unpaired) electrons. The fourth-order valence-electron chi connectivity index (χ4n) is 2.63. The number of hydrogen-bond donors (Lipinski definition) is 1. The maximum Gasteiger partial charge on any atom is 0.0589 e. The van der Waals surface area contributed by atoms with Crippen molar-refractivity contribution >= 4 is 5.69 Å². The summed E-state index contributed by atoms with van der Waals surface area (Å²) >= 11 is 0. The fourth-order valence-corrected chi connectivity index (χ4v) is 2.63. The maximum absolute atomic E-state index is 3.50. The van der Waals surface area contributed by atoms with Crippen molar-refractivity contribution < 1.29 is 0 Å². The highest BCUT2D eigenvalue weighted by Crippen LogP contribution is 2.41. The van der Waals surface area contributed by atoms with Crippen LogP contribution in [0, 0.1) is 6.92 Å². The summed E-state index contributed by atoms with van der Waals surface area (Å²) in [5.41, 5.74) is 6.94. The normalized spacial score (nSPS) is 15.5. The summed E-state index contributed by atoms with van der Waals surface area (Å²) in [5, 5.41) is 3.50. The molecule has 0 amide bonds. The molecule has 0 bridgehead atoms. The van der Waals surface area contributed by atoms with Crippen molar-refractivity contribution in [1.82, 2.24) is 0 Å². The first-order chi connectivity index (χ1) is 8.54. The molecule has 1 N–H and O–H groups in total. The van der Waals surface area contributed by atoms with Crippen molar-refractivity contribution in [3.8, 4) is 0 Å². The van der Waals surface area contributed by atoms with Crippen molar-refractivity contribution in [1.29, 1.82) is 0 Å². The van der Waals surface area contributed by atoms with Gasteiger partial charge in [0.05, 0.1) is 5.54 Å². The second-order valence-corrected chi connectivity index (χ2v) is 5.79. The van der Waals surface area contributed by atoms with Gasteiger partial charge in [-0.3, -0.25) is 0 Å². The lowest BCUT2D eigenvalue weighted by molar-refractivity contribution is 0.563. The molecule has 0 atom stereocenters. The van der Waals surface area contributed by atoms with Crippen LogP contribution in [0.5, 0.6) is 0 Å². The Hall–Kier alpha value is -1.76. The monoisotopic (exact) mass is 237 g/mol. The van der Waals surface area contributed by atoms with Gasteiger partial charge >= 0.3 is 0 Å². The molecule has 0 aromatic heterocycles. The van der Waals surface area contributed by atoms with Crippen molar-refractivity contribution in [2.45, 2.75) is 32.7 Å². The molecule has 1 heteroatoms. The van der Waals surface area contributed by atoms with Crippen LogP contribution in [0.4, 0.5) is 5.69 Å². The Labute approximate surface area is 109 Å². The Kier molecular flexibility index (Phi) is 2.44. The SMILES string of the molecule is Cc1ccc(Cc2ccc3c(c2)NC3(C)C)cc1. The Morgan fingerprint density at radius 1 is 0.944 bits per heavy atom. The number of nitrogens with one attached hydrogen (secondary N) is 1. The van der Waals surface area contributed by atoms with Crippen LogP contribution < -0.4 is 5.32 Å². The number of rotatable bonds is 2. The number of benzene rings is 2. The highest BCUT2D eigenvalue weighted by atomic mass is 15.0. The van der Waals surface area contributed by atoms with E-state index in [-0.39, 0.29) is 5.54 Å². The summed E-state index contributed by atoms with van der Waals surface area (Å²) in [6.07, 6.45) is 1.01. The third kappa shape index (κ3) is 1.90. The molecular formula is C17H19N. The van der Waals surface area contributed by atoms with Crippen LogP contribution in [0.3, 0.4) is 0 Å². The smallest absolute Gasteiger partial charge is 0.0589 e. The fraction of sp³-hybridized carbons (Fsp3) is 0.294. The summed E-state index contributed by atoms with van der Waals surface area (Å²) in [6.45, 7) is 6.56. The Balaban J connectivity index is 1.82. The first-order valence-corrected chi connectivity index (χ1v) is 6.52. The molecule has 1 aliphatic heterocycles. The molecule has 18 heavy (non-hydrogen) atoms. The molecule has 0 aliphatic carbocycles. The van der Waals surface area contributed by atoms with Gasteiger partial charge in [0.2, 0.25) is 0 Å². The summed E-state index contributed by atoms with van der Waals surface area (Å²) < 4.78 is 0. The molecule has 2 aromatic carbocycles. The number of aryl methyl sites for hydroxylation is 1. The van der Waals surface area contributed by atoms with Gasteiger partial charge in [0, 0.05) is 5.69 Å². The van der Waals surface area contributed by atoms with Crippen LogP contribution in [0.25, 0.3) is 0 Å². The van der Waals surface area contributed by atoms with Crippen LogP contribution in [0.2, 0.25) is 0 Å². The minimum Gasteiger partial charge on any atom is -0.376 e. The molecule has 1 aliphatic rings. The van der Waals surface area contributed by atoms with E-state index in [1.165, 1.54) is 27.9 Å². The number of anilines is 1. The molecule has 0 unspecified atom stereocenters. The third-order valence-corrected chi connectivity index (χ3v) is 3.73. The molecule has 1 nitrogen and oxygen atoms in total. The van der Waals surface area contributed by atoms with Gasteiger partial charge in [0.25, 0.3) is 0 Å². The molecular weight excluding hydrogens is 218 g/mol. The standard InChI is InChI=1S/C17H19N/c1-12-4-6-13(7-5-12)10-14-8-9-15-16(11-14)18-17(15,2)3/h4-9,11,18H,10H2,1-3H3. The van der Waals surface area contributed by atoms with Gasteiger partial charge in [-0.1, -0.05) is 42.0 Å². The minimum atomic E-state index is 0.151. The summed E-state index contributed by atoms with van der Waals surface area (Å²) in [6, 6.07) is 15.6. The van der Waals surface area contributed by atoms with Crippen molar-refractivity contribution in [3.63, 3.8) is 0 Å². The van der Waals surface area contributed by atoms with E-state index < -0.39 is 0 Å². The number of hydrogen-bond acceptors (Lipinski definition) is 1. The molecule has 0 fully saturated rings. The van der Waals surface area contributed by atoms with E-state index in [0.717, 1.165) is 6.42 Å². The topological polar surface area (TPSA) is 12.0 Å². The highest BCUT2D eigenvalue weighted by Gasteiger charge is 2.32. The predicted octanol–water partition coefficient (Wildman–Crippen LogP) is 4.25. The molecule has 92 valence electrons. The number of fused-ring (bicyclic) bond motifs is 1. The zero-order valence-corrected chi connectivity index (χ0v) is 11.2. The van der Waals surface area contributed by atoms with Crippen molar-refractivity contribution in [3.05, 3.63) is 64.7 Å². The summed E-state index contributed by atoms with van der Waals surface area (Å²) in [7, 11) is 0. The van der Waals surface area contributed by atoms with Crippen LogP contribution in [-0.2, 0) is 12.0 Å². The van der Waals surface area contributed by atoms with Crippen LogP contribution in [0.1, 0.15) is 36.1 Å². The Bertz CT molecular complexity index is 579. The Morgan fingerprint density at radius 3 is 2.22 bits per heavy atom. The molecule has 3 rings (SSSR count). The lowest BCUT2D eigenvalue weighted by atomic mass is 9.83. The quantitative estimate of drug-likeness (QED) is 0.823. The third-order valence-electron chi connectivity index (χ3n) is 3.73. The molecule has 0 spiro atoms. The summed E-state index contributed by atoms with van der Waals surface area (Å²) in [4.78, 5) is 0. The van der Waals surface area contributed by atoms with Crippen LogP contribution >= 0.6 is 0 Å². The molecule has 0 saturated heterocycles. The van der Waals surface area contributed by atoms with E-state index in [1.54, 1.807) is 0 Å². The average molecular weight is 237 g/mol. The van der Waals surface area contributed by atoms with Gasteiger partial charge in [-0.05, 0) is 49.9 Å². The largest absolute Gasteiger partial charge is 0.376 e. The lowest BCUT2D eigenvalue weighted by Gasteiger charge is -2.40. The lowest BCUT2D eigenvalue weighted by Crippen LogP contribution is -2.38. The second kappa shape index (κ2) is 3.88. The first-order valence-electron chi connectivity index (χ1n) is 6.52. The summed E-state index contributed by atoms with van der Waals surface area (Å²) in [5.74, 6) is 0. The van der Waals surface area contributed by atoms with Crippen molar-refractivity contribution in [2.24, 2.45) is 0 Å². The van der Waals surface area contributed by atoms with Crippen LogP contribution in [0.15, 0.2) is 42.5 Å². The Morgan fingerprint density at radius 2 is 1.61 bits per heavy atom. The van der Waals surface area contributed by atoms with Gasteiger partial charge in [-0.25, -0.2) is 0 Å². The van der Waals surface area contributed by atoms with E-state index in [1.807, 2.05) is 0 Å². The van der Waals surface area contributed by atoms with Gasteiger partial charge in [-0.2, -0.15) is 0 Å². The highest BCUT2D eigenvalue weighted by molar-refractivity contribution is 5.67. The van der Waals surface area contributed by atoms with E-state index in [0.29, 0.717) is 0 Å². The van der Waals surface area contributed by atoms with Gasteiger partial charge in [-0.15, -0.1) is 0 Å². The maximum atomic E-state index is 3.50. The second-order valence-electron chi connectivity index (χ2n) is 5.79. The molecule has 2 aromatic rings. The zero-order valence-electron chi connectivity index (χ0n) is 11.2. The minimum absolute atomic E-state index is 0.151. The van der Waals surface area contributed by atoms with Gasteiger partial charge < -0.3 is 5.32 Å². The molecule has 0 saturated carbocycles. The van der Waals surface area contributed by atoms with E-state index in [4.69, 9.17) is 0 Å². The average Bonchev–Trinajstić information content (AvgIpc) is 2.31. The first kappa shape index (κ1) is 11.3. The van der Waals surface area contributed by atoms with Crippen molar-refractivity contribution in [2.75, 3.05) is 5.32 Å². The zero-order chi connectivity index (χ0) is 12.8. The predicted molar refractivity (Wildman–Crippen MR) is 77.1 cm³/mol. The van der Waals surface area contributed by atoms with E-state index in [9.17, 15) is 0 Å².